The Bertz CT molecular complexity index is 1310. The van der Waals surface area contributed by atoms with Gasteiger partial charge in [-0.1, -0.05) is 23.7 Å². The Labute approximate surface area is 204 Å². The van der Waals surface area contributed by atoms with Crippen LogP contribution in [-0.2, 0) is 11.8 Å². The van der Waals surface area contributed by atoms with Crippen molar-refractivity contribution in [2.75, 3.05) is 11.1 Å². The smallest absolute Gasteiger partial charge is 0.397 e. The lowest BCUT2D eigenvalue weighted by Crippen LogP contribution is -2.35. The van der Waals surface area contributed by atoms with Gasteiger partial charge in [-0.3, -0.25) is 5.10 Å². The van der Waals surface area contributed by atoms with E-state index in [0.29, 0.717) is 34.1 Å². The van der Waals surface area contributed by atoms with Crippen molar-refractivity contribution in [1.29, 1.82) is 0 Å². The number of hydrogen-bond donors (Lipinski definition) is 4. The first-order valence-electron chi connectivity index (χ1n) is 11.0. The topological polar surface area (TPSA) is 139 Å². The van der Waals surface area contributed by atoms with Gasteiger partial charge in [0.1, 0.15) is 11.6 Å². The molecule has 5 rings (SSSR count). The molecule has 1 fully saturated rings. The van der Waals surface area contributed by atoms with Gasteiger partial charge in [-0.15, -0.1) is 16.9 Å². The van der Waals surface area contributed by atoms with Crippen molar-refractivity contribution in [1.82, 2.24) is 25.4 Å². The summed E-state index contributed by atoms with van der Waals surface area (Å²) in [5, 5.41) is 17.7. The van der Waals surface area contributed by atoms with Gasteiger partial charge < -0.3 is 15.5 Å². The fourth-order valence-electron chi connectivity index (χ4n) is 4.44. The average Bonchev–Trinajstić information content (AvgIpc) is 3.51. The predicted octanol–water partition coefficient (Wildman–Crippen LogP) is 4.68. The first-order chi connectivity index (χ1) is 16.5. The zero-order valence-corrected chi connectivity index (χ0v) is 19.8. The van der Waals surface area contributed by atoms with Crippen LogP contribution in [0.3, 0.4) is 0 Å². The van der Waals surface area contributed by atoms with E-state index in [0.717, 1.165) is 42.1 Å². The van der Waals surface area contributed by atoms with Gasteiger partial charge in [-0.05, 0) is 49.9 Å². The van der Waals surface area contributed by atoms with Crippen molar-refractivity contribution in [2.45, 2.75) is 47.7 Å². The number of H-pyrrole nitrogens is 2. The quantitative estimate of drug-likeness (QED) is 0.270. The van der Waals surface area contributed by atoms with Crippen LogP contribution in [0.2, 0.25) is 5.02 Å². The standard InChI is InChI=1S/C23H24ClN7O2S/c24-20-16(25)4-2-5-17(20)34-15-7-10-23(11-8-15,21-30-31-22(32)33-21)13-14-3-1-6-18(27-14)28-19-9-12-26-29-19/h1-6,9,12,15H,7-8,10-11,13,25H2,(H,31,32)(H2,26,27,28,29). The first kappa shape index (κ1) is 22.5. The number of hydrogen-bond acceptors (Lipinski definition) is 8. The number of anilines is 3. The molecule has 176 valence electrons. The lowest BCUT2D eigenvalue weighted by atomic mass is 9.70. The molecule has 1 aliphatic rings. The first-order valence-corrected chi connectivity index (χ1v) is 12.3. The van der Waals surface area contributed by atoms with Gasteiger partial charge in [0.05, 0.1) is 22.3 Å². The maximum absolute atomic E-state index is 11.8. The van der Waals surface area contributed by atoms with Crippen molar-refractivity contribution in [2.24, 2.45) is 0 Å². The molecule has 4 aromatic rings. The molecular formula is C23H24ClN7O2S. The minimum Gasteiger partial charge on any atom is -0.397 e. The number of aromatic amines is 2. The van der Waals surface area contributed by atoms with Gasteiger partial charge in [0.15, 0.2) is 0 Å². The second kappa shape index (κ2) is 9.55. The summed E-state index contributed by atoms with van der Waals surface area (Å²) in [6.07, 6.45) is 5.72. The number of aromatic nitrogens is 5. The molecule has 34 heavy (non-hydrogen) atoms. The summed E-state index contributed by atoms with van der Waals surface area (Å²) in [6, 6.07) is 13.4. The number of nitrogens with zero attached hydrogens (tertiary/aromatic N) is 3. The van der Waals surface area contributed by atoms with Gasteiger partial charge >= 0.3 is 5.76 Å². The summed E-state index contributed by atoms with van der Waals surface area (Å²) in [5.41, 5.74) is 7.03. The predicted molar refractivity (Wildman–Crippen MR) is 133 cm³/mol. The summed E-state index contributed by atoms with van der Waals surface area (Å²) in [4.78, 5) is 17.5. The maximum Gasteiger partial charge on any atom is 0.434 e. The Morgan fingerprint density at radius 3 is 2.74 bits per heavy atom. The maximum atomic E-state index is 11.8. The second-order valence-corrected chi connectivity index (χ2v) is 10.2. The van der Waals surface area contributed by atoms with E-state index in [1.807, 2.05) is 36.4 Å². The van der Waals surface area contributed by atoms with Crippen LogP contribution < -0.4 is 16.8 Å². The molecule has 1 aromatic carbocycles. The van der Waals surface area contributed by atoms with E-state index >= 15 is 0 Å². The Morgan fingerprint density at radius 2 is 2.00 bits per heavy atom. The van der Waals surface area contributed by atoms with Gasteiger partial charge in [0.25, 0.3) is 0 Å². The van der Waals surface area contributed by atoms with Crippen molar-refractivity contribution in [3.05, 3.63) is 75.8 Å². The molecule has 9 nitrogen and oxygen atoms in total. The third-order valence-corrected chi connectivity index (χ3v) is 8.09. The fraction of sp³-hybridized carbons (Fsp3) is 0.304. The number of nitrogens with one attached hydrogen (secondary N) is 3. The monoisotopic (exact) mass is 497 g/mol. The van der Waals surface area contributed by atoms with E-state index in [9.17, 15) is 4.79 Å². The van der Waals surface area contributed by atoms with Crippen LogP contribution in [0, 0.1) is 0 Å². The number of thioether (sulfide) groups is 1. The Kier molecular flexibility index (Phi) is 6.34. The molecule has 1 aliphatic carbocycles. The molecule has 0 saturated heterocycles. The second-order valence-electron chi connectivity index (χ2n) is 8.46. The molecule has 0 atom stereocenters. The SMILES string of the molecule is Nc1cccc(SC2CCC(Cc3cccc(Nc4ccn[nH]4)n3)(c3n[nH]c(=O)o3)CC2)c1Cl. The van der Waals surface area contributed by atoms with E-state index in [2.05, 4.69) is 25.7 Å². The molecule has 0 radical (unpaired) electrons. The van der Waals surface area contributed by atoms with Crippen LogP contribution in [-0.4, -0.2) is 30.6 Å². The van der Waals surface area contributed by atoms with Crippen molar-refractivity contribution in [3.63, 3.8) is 0 Å². The number of rotatable bonds is 7. The van der Waals surface area contributed by atoms with Crippen LogP contribution in [0.4, 0.5) is 17.3 Å². The van der Waals surface area contributed by atoms with Crippen LogP contribution in [0.5, 0.6) is 0 Å². The molecule has 0 aliphatic heterocycles. The molecule has 11 heteroatoms. The Balaban J connectivity index is 1.35. The largest absolute Gasteiger partial charge is 0.434 e. The number of pyridine rings is 1. The summed E-state index contributed by atoms with van der Waals surface area (Å²) in [6.45, 7) is 0. The van der Waals surface area contributed by atoms with Crippen LogP contribution >= 0.6 is 23.4 Å². The normalized spacial score (nSPS) is 20.3. The highest BCUT2D eigenvalue weighted by Gasteiger charge is 2.42. The van der Waals surface area contributed by atoms with Crippen LogP contribution in [0.1, 0.15) is 37.3 Å². The summed E-state index contributed by atoms with van der Waals surface area (Å²) < 4.78 is 5.48. The molecule has 5 N–H and O–H groups in total. The lowest BCUT2D eigenvalue weighted by molar-refractivity contribution is 0.231. The Hall–Kier alpha value is -3.24. The van der Waals surface area contributed by atoms with Gasteiger partial charge in [0, 0.05) is 28.3 Å². The van der Waals surface area contributed by atoms with Gasteiger partial charge in [0.2, 0.25) is 5.89 Å². The minimum absolute atomic E-state index is 0.374. The molecule has 0 unspecified atom stereocenters. The van der Waals surface area contributed by atoms with E-state index < -0.39 is 11.2 Å². The highest BCUT2D eigenvalue weighted by atomic mass is 35.5. The van der Waals surface area contributed by atoms with E-state index in [1.165, 1.54) is 0 Å². The summed E-state index contributed by atoms with van der Waals surface area (Å²) in [5.74, 6) is 1.37. The number of nitrogens with two attached hydrogens (primary N) is 1. The molecule has 3 aromatic heterocycles. The number of benzene rings is 1. The lowest BCUT2D eigenvalue weighted by Gasteiger charge is -2.37. The van der Waals surface area contributed by atoms with E-state index in [4.69, 9.17) is 26.7 Å². The highest BCUT2D eigenvalue weighted by Crippen LogP contribution is 2.46. The van der Waals surface area contributed by atoms with Crippen molar-refractivity contribution in [3.8, 4) is 0 Å². The third kappa shape index (κ3) is 4.83. The number of nitrogen functional groups attached to an aromatic ring is 1. The van der Waals surface area contributed by atoms with E-state index in [1.54, 1.807) is 24.0 Å². The molecular weight excluding hydrogens is 474 g/mol. The van der Waals surface area contributed by atoms with Crippen LogP contribution in [0.25, 0.3) is 0 Å². The third-order valence-electron chi connectivity index (χ3n) is 6.16. The van der Waals surface area contributed by atoms with Crippen molar-refractivity contribution < 1.29 is 4.42 Å². The molecule has 1 saturated carbocycles. The Morgan fingerprint density at radius 1 is 1.18 bits per heavy atom. The average molecular weight is 498 g/mol. The number of halogens is 1. The fourth-order valence-corrected chi connectivity index (χ4v) is 5.91. The minimum atomic E-state index is -0.542. The molecule has 0 bridgehead atoms. The highest BCUT2D eigenvalue weighted by molar-refractivity contribution is 8.00. The van der Waals surface area contributed by atoms with Gasteiger partial charge in [-0.2, -0.15) is 5.10 Å². The van der Waals surface area contributed by atoms with Gasteiger partial charge in [-0.25, -0.2) is 14.9 Å². The summed E-state index contributed by atoms with van der Waals surface area (Å²) in [7, 11) is 0. The summed E-state index contributed by atoms with van der Waals surface area (Å²) >= 11 is 8.16. The molecule has 3 heterocycles. The van der Waals surface area contributed by atoms with Crippen molar-refractivity contribution >= 4 is 40.7 Å². The zero-order chi connectivity index (χ0) is 23.5. The zero-order valence-electron chi connectivity index (χ0n) is 18.3. The molecule has 0 amide bonds. The molecule has 0 spiro atoms. The van der Waals surface area contributed by atoms with Crippen LogP contribution in [0.15, 0.2) is 62.8 Å². The van der Waals surface area contributed by atoms with E-state index in [-0.39, 0.29) is 0 Å².